The molecular formula is C10H20N2O3S. The number of amides is 2. The lowest BCUT2D eigenvalue weighted by Crippen LogP contribution is -2.45. The summed E-state index contributed by atoms with van der Waals surface area (Å²) >= 11 is 0. The van der Waals surface area contributed by atoms with Crippen molar-refractivity contribution in [3.8, 4) is 0 Å². The van der Waals surface area contributed by atoms with Gasteiger partial charge in [-0.3, -0.25) is 4.21 Å². The van der Waals surface area contributed by atoms with Crippen molar-refractivity contribution in [2.45, 2.75) is 31.9 Å². The smallest absolute Gasteiger partial charge is 0.317 e. The second kappa shape index (κ2) is 5.14. The number of hydrogen-bond acceptors (Lipinski definition) is 3. The molecule has 2 N–H and O–H groups in total. The second-order valence-corrected chi connectivity index (χ2v) is 6.24. The molecule has 1 aliphatic heterocycles. The normalized spacial score (nSPS) is 28.9. The lowest BCUT2D eigenvalue weighted by Gasteiger charge is -2.21. The highest BCUT2D eigenvalue weighted by Gasteiger charge is 2.34. The zero-order chi connectivity index (χ0) is 12.3. The quantitative estimate of drug-likeness (QED) is 0.734. The molecule has 0 bridgehead atoms. The summed E-state index contributed by atoms with van der Waals surface area (Å²) in [5.74, 6) is 0.454. The molecular weight excluding hydrogens is 228 g/mol. The Morgan fingerprint density at radius 3 is 2.75 bits per heavy atom. The predicted octanol–water partition coefficient (Wildman–Crippen LogP) is -0.0803. The number of nitrogens with one attached hydrogen (secondary N) is 1. The topological polar surface area (TPSA) is 69.6 Å². The van der Waals surface area contributed by atoms with Gasteiger partial charge in [-0.25, -0.2) is 4.79 Å². The molecule has 2 amide bonds. The largest absolute Gasteiger partial charge is 0.388 e. The van der Waals surface area contributed by atoms with Crippen molar-refractivity contribution in [3.05, 3.63) is 0 Å². The van der Waals surface area contributed by atoms with Crippen LogP contribution in [0.25, 0.3) is 0 Å². The third-order valence-electron chi connectivity index (χ3n) is 2.59. The number of likely N-dealkylation sites (tertiary alicyclic amines) is 1. The summed E-state index contributed by atoms with van der Waals surface area (Å²) in [5.41, 5.74) is -0.770. The summed E-state index contributed by atoms with van der Waals surface area (Å²) in [6.07, 6.45) is 2.22. The molecule has 94 valence electrons. The van der Waals surface area contributed by atoms with Gasteiger partial charge in [-0.2, -0.15) is 0 Å². The first-order valence-corrected chi connectivity index (χ1v) is 7.11. The summed E-state index contributed by atoms with van der Waals surface area (Å²) in [6.45, 7) is 4.49. The Labute approximate surface area is 98.7 Å². The van der Waals surface area contributed by atoms with E-state index in [1.54, 1.807) is 18.1 Å². The molecule has 0 radical (unpaired) electrons. The minimum Gasteiger partial charge on any atom is -0.388 e. The number of hydrogen-bond donors (Lipinski definition) is 2. The minimum atomic E-state index is -0.912. The van der Waals surface area contributed by atoms with E-state index in [0.29, 0.717) is 25.3 Å². The van der Waals surface area contributed by atoms with E-state index in [9.17, 15) is 14.1 Å². The molecule has 1 rings (SSSR count). The van der Waals surface area contributed by atoms with Crippen LogP contribution in [-0.4, -0.2) is 57.0 Å². The van der Waals surface area contributed by atoms with E-state index in [1.165, 1.54) is 0 Å². The molecule has 5 nitrogen and oxygen atoms in total. The van der Waals surface area contributed by atoms with Crippen LogP contribution in [0.2, 0.25) is 0 Å². The van der Waals surface area contributed by atoms with Crippen LogP contribution in [0.4, 0.5) is 4.79 Å². The van der Waals surface area contributed by atoms with Gasteiger partial charge >= 0.3 is 6.03 Å². The van der Waals surface area contributed by atoms with Crippen molar-refractivity contribution in [1.82, 2.24) is 10.2 Å². The average Bonchev–Trinajstić information content (AvgIpc) is 2.44. The Hall–Kier alpha value is -0.620. The molecule has 16 heavy (non-hydrogen) atoms. The number of nitrogens with zero attached hydrogens (tertiary/aromatic N) is 1. The second-order valence-electron chi connectivity index (χ2n) is 4.76. The average molecular weight is 248 g/mol. The third-order valence-corrected chi connectivity index (χ3v) is 3.56. The van der Waals surface area contributed by atoms with Crippen LogP contribution in [0.1, 0.15) is 20.3 Å². The van der Waals surface area contributed by atoms with Gasteiger partial charge in [0.05, 0.1) is 12.1 Å². The van der Waals surface area contributed by atoms with Gasteiger partial charge in [-0.15, -0.1) is 0 Å². The fraction of sp³-hybridized carbons (Fsp3) is 0.900. The first-order valence-electron chi connectivity index (χ1n) is 5.38. The van der Waals surface area contributed by atoms with E-state index in [-0.39, 0.29) is 12.1 Å². The summed E-state index contributed by atoms with van der Waals surface area (Å²) in [4.78, 5) is 13.3. The Balaban J connectivity index is 2.39. The van der Waals surface area contributed by atoms with Crippen molar-refractivity contribution in [3.63, 3.8) is 0 Å². The third kappa shape index (κ3) is 4.09. The van der Waals surface area contributed by atoms with E-state index < -0.39 is 16.4 Å². The van der Waals surface area contributed by atoms with Crippen LogP contribution in [0, 0.1) is 0 Å². The summed E-state index contributed by atoms with van der Waals surface area (Å²) < 4.78 is 11.0. The van der Waals surface area contributed by atoms with Gasteiger partial charge in [0.1, 0.15) is 0 Å². The minimum absolute atomic E-state index is 0.108. The summed E-state index contributed by atoms with van der Waals surface area (Å²) in [7, 11) is -0.912. The molecule has 1 aliphatic rings. The molecule has 0 spiro atoms. The SMILES string of the molecule is CC(CS(C)=O)NC(=O)N1CCC(C)(O)C1. The zero-order valence-electron chi connectivity index (χ0n) is 10.0. The van der Waals surface area contributed by atoms with Crippen LogP contribution in [0.15, 0.2) is 0 Å². The van der Waals surface area contributed by atoms with Crippen LogP contribution < -0.4 is 5.32 Å². The van der Waals surface area contributed by atoms with E-state index >= 15 is 0 Å². The number of carbonyl (C=O) groups is 1. The Morgan fingerprint density at radius 1 is 1.69 bits per heavy atom. The number of β-amino-alcohol motifs (C(OH)–C–C–N with tert-alkyl or cyclic N) is 1. The van der Waals surface area contributed by atoms with E-state index in [4.69, 9.17) is 0 Å². The van der Waals surface area contributed by atoms with Crippen LogP contribution in [0.5, 0.6) is 0 Å². The first kappa shape index (κ1) is 13.4. The fourth-order valence-electron chi connectivity index (χ4n) is 1.81. The van der Waals surface area contributed by atoms with Gasteiger partial charge < -0.3 is 15.3 Å². The van der Waals surface area contributed by atoms with Gasteiger partial charge in [-0.1, -0.05) is 0 Å². The maximum absolute atomic E-state index is 11.7. The molecule has 3 atom stereocenters. The van der Waals surface area contributed by atoms with Gasteiger partial charge in [0.2, 0.25) is 0 Å². The fourth-order valence-corrected chi connectivity index (χ4v) is 2.60. The lowest BCUT2D eigenvalue weighted by molar-refractivity contribution is 0.0718. The molecule has 0 aromatic rings. The maximum Gasteiger partial charge on any atom is 0.317 e. The van der Waals surface area contributed by atoms with Crippen molar-refractivity contribution >= 4 is 16.8 Å². The Kier molecular flexibility index (Phi) is 4.32. The highest BCUT2D eigenvalue weighted by atomic mass is 32.2. The number of carbonyl (C=O) groups excluding carboxylic acids is 1. The highest BCUT2D eigenvalue weighted by Crippen LogP contribution is 2.19. The number of urea groups is 1. The highest BCUT2D eigenvalue weighted by molar-refractivity contribution is 7.84. The van der Waals surface area contributed by atoms with Crippen LogP contribution >= 0.6 is 0 Å². The molecule has 0 aromatic heterocycles. The van der Waals surface area contributed by atoms with Gasteiger partial charge in [0.25, 0.3) is 0 Å². The van der Waals surface area contributed by atoms with Gasteiger partial charge in [0.15, 0.2) is 0 Å². The van der Waals surface area contributed by atoms with E-state index in [0.717, 1.165) is 0 Å². The summed E-state index contributed by atoms with van der Waals surface area (Å²) in [5, 5.41) is 12.5. The van der Waals surface area contributed by atoms with E-state index in [1.807, 2.05) is 6.92 Å². The van der Waals surface area contributed by atoms with Gasteiger partial charge in [0, 0.05) is 35.4 Å². The molecule has 1 fully saturated rings. The first-order chi connectivity index (χ1) is 7.30. The van der Waals surface area contributed by atoms with Crippen molar-refractivity contribution in [1.29, 1.82) is 0 Å². The Bertz CT molecular complexity index is 294. The van der Waals surface area contributed by atoms with Crippen LogP contribution in [0.3, 0.4) is 0 Å². The van der Waals surface area contributed by atoms with Crippen molar-refractivity contribution in [2.24, 2.45) is 0 Å². The molecule has 1 heterocycles. The Morgan fingerprint density at radius 2 is 2.31 bits per heavy atom. The maximum atomic E-state index is 11.7. The number of aliphatic hydroxyl groups is 1. The molecule has 6 heteroatoms. The molecule has 3 unspecified atom stereocenters. The molecule has 0 saturated carbocycles. The lowest BCUT2D eigenvalue weighted by atomic mass is 10.1. The number of rotatable bonds is 3. The van der Waals surface area contributed by atoms with Gasteiger partial charge in [-0.05, 0) is 20.3 Å². The predicted molar refractivity (Wildman–Crippen MR) is 63.7 cm³/mol. The standard InChI is InChI=1S/C10H20N2O3S/c1-8(6-16(3)15)11-9(13)12-5-4-10(2,14)7-12/h8,14H,4-7H2,1-3H3,(H,11,13). The summed E-state index contributed by atoms with van der Waals surface area (Å²) in [6, 6.07) is -0.292. The molecule has 0 aliphatic carbocycles. The molecule has 1 saturated heterocycles. The molecule has 0 aromatic carbocycles. The van der Waals surface area contributed by atoms with Crippen LogP contribution in [-0.2, 0) is 10.8 Å². The van der Waals surface area contributed by atoms with Crippen molar-refractivity contribution in [2.75, 3.05) is 25.1 Å². The zero-order valence-corrected chi connectivity index (χ0v) is 10.8. The monoisotopic (exact) mass is 248 g/mol. The van der Waals surface area contributed by atoms with Crippen molar-refractivity contribution < 1.29 is 14.1 Å². The van der Waals surface area contributed by atoms with E-state index in [2.05, 4.69) is 5.32 Å².